The molecule has 4 nitrogen and oxygen atoms in total. The molecule has 0 radical (unpaired) electrons. The highest BCUT2D eigenvalue weighted by molar-refractivity contribution is 6.10. The molecule has 2 fully saturated rings. The van der Waals surface area contributed by atoms with E-state index in [1.807, 2.05) is 0 Å². The molecule has 0 bridgehead atoms. The molecule has 20 heavy (non-hydrogen) atoms. The predicted molar refractivity (Wildman–Crippen MR) is 68.3 cm³/mol. The zero-order valence-electron chi connectivity index (χ0n) is 10.8. The van der Waals surface area contributed by atoms with Crippen LogP contribution in [-0.4, -0.2) is 29.0 Å². The van der Waals surface area contributed by atoms with Gasteiger partial charge in [0.15, 0.2) is 5.78 Å². The van der Waals surface area contributed by atoms with Crippen molar-refractivity contribution in [1.29, 1.82) is 0 Å². The highest BCUT2D eigenvalue weighted by Gasteiger charge is 2.50. The Bertz CT molecular complexity index is 577. The number of imide groups is 1. The van der Waals surface area contributed by atoms with Gasteiger partial charge in [0.2, 0.25) is 11.8 Å². The molecule has 5 heteroatoms. The average Bonchev–Trinajstić information content (AvgIpc) is 2.99. The van der Waals surface area contributed by atoms with Gasteiger partial charge < -0.3 is 0 Å². The first-order valence-electron chi connectivity index (χ1n) is 6.72. The van der Waals surface area contributed by atoms with Gasteiger partial charge in [-0.3, -0.25) is 19.3 Å². The van der Waals surface area contributed by atoms with E-state index >= 15 is 0 Å². The van der Waals surface area contributed by atoms with E-state index in [1.165, 1.54) is 18.2 Å². The lowest BCUT2D eigenvalue weighted by Crippen LogP contribution is -2.36. The number of carbonyl (C=O) groups excluding carboxylic acids is 3. The van der Waals surface area contributed by atoms with E-state index in [4.69, 9.17) is 0 Å². The van der Waals surface area contributed by atoms with Gasteiger partial charge in [0.05, 0.1) is 23.9 Å². The topological polar surface area (TPSA) is 54.5 Å². The van der Waals surface area contributed by atoms with Gasteiger partial charge in [-0.15, -0.1) is 0 Å². The zero-order valence-corrected chi connectivity index (χ0v) is 10.8. The quantitative estimate of drug-likeness (QED) is 0.624. The summed E-state index contributed by atoms with van der Waals surface area (Å²) in [5, 5.41) is 0. The Morgan fingerprint density at radius 1 is 1.15 bits per heavy atom. The van der Waals surface area contributed by atoms with Crippen molar-refractivity contribution in [3.05, 3.63) is 35.6 Å². The summed E-state index contributed by atoms with van der Waals surface area (Å²) in [6, 6.07) is 5.60. The zero-order chi connectivity index (χ0) is 14.3. The predicted octanol–water partition coefficient (Wildman–Crippen LogP) is 1.79. The third-order valence-corrected chi connectivity index (χ3v) is 4.16. The molecule has 1 aliphatic carbocycles. The summed E-state index contributed by atoms with van der Waals surface area (Å²) in [6.07, 6.45) is 2.29. The van der Waals surface area contributed by atoms with Gasteiger partial charge in [0.25, 0.3) is 0 Å². The van der Waals surface area contributed by atoms with Crippen LogP contribution in [0.4, 0.5) is 4.39 Å². The molecule has 0 aromatic heterocycles. The molecule has 0 N–H and O–H groups in total. The minimum Gasteiger partial charge on any atom is -0.292 e. The molecular formula is C15H14FNO3. The lowest BCUT2D eigenvalue weighted by atomic mass is 10.00. The van der Waals surface area contributed by atoms with E-state index in [0.717, 1.165) is 11.3 Å². The Balaban J connectivity index is 1.79. The van der Waals surface area contributed by atoms with Gasteiger partial charge in [0.1, 0.15) is 5.82 Å². The molecular weight excluding hydrogens is 261 g/mol. The average molecular weight is 275 g/mol. The van der Waals surface area contributed by atoms with Crippen LogP contribution in [0.15, 0.2) is 24.3 Å². The molecule has 2 amide bonds. The van der Waals surface area contributed by atoms with E-state index in [9.17, 15) is 18.8 Å². The minimum atomic E-state index is -0.628. The van der Waals surface area contributed by atoms with Crippen molar-refractivity contribution in [1.82, 2.24) is 4.90 Å². The highest BCUT2D eigenvalue weighted by Crippen LogP contribution is 2.39. The second kappa shape index (κ2) is 4.81. The van der Waals surface area contributed by atoms with Crippen molar-refractivity contribution in [2.45, 2.75) is 19.3 Å². The molecule has 1 saturated carbocycles. The van der Waals surface area contributed by atoms with Gasteiger partial charge in [-0.05, 0) is 25.0 Å². The maximum absolute atomic E-state index is 13.5. The van der Waals surface area contributed by atoms with E-state index in [2.05, 4.69) is 0 Å². The molecule has 0 spiro atoms. The van der Waals surface area contributed by atoms with E-state index in [-0.39, 0.29) is 35.8 Å². The number of amides is 2. The van der Waals surface area contributed by atoms with Gasteiger partial charge in [-0.1, -0.05) is 18.6 Å². The molecule has 2 aliphatic rings. The van der Waals surface area contributed by atoms with Crippen LogP contribution >= 0.6 is 0 Å². The molecule has 2 unspecified atom stereocenters. The van der Waals surface area contributed by atoms with E-state index in [1.54, 1.807) is 6.07 Å². The Morgan fingerprint density at radius 2 is 1.75 bits per heavy atom. The first-order chi connectivity index (χ1) is 9.59. The summed E-state index contributed by atoms with van der Waals surface area (Å²) in [7, 11) is 0. The van der Waals surface area contributed by atoms with Gasteiger partial charge in [0, 0.05) is 0 Å². The Labute approximate surface area is 115 Å². The third kappa shape index (κ3) is 1.94. The van der Waals surface area contributed by atoms with E-state index in [0.29, 0.717) is 12.8 Å². The van der Waals surface area contributed by atoms with Crippen molar-refractivity contribution in [2.75, 3.05) is 6.54 Å². The second-order valence-electron chi connectivity index (χ2n) is 5.31. The summed E-state index contributed by atoms with van der Waals surface area (Å²) in [5.74, 6) is -2.25. The van der Waals surface area contributed by atoms with Gasteiger partial charge in [-0.2, -0.15) is 0 Å². The van der Waals surface area contributed by atoms with Crippen LogP contribution in [0.3, 0.4) is 0 Å². The number of fused-ring (bicyclic) bond motifs is 1. The standard InChI is InChI=1S/C15H14FNO3/c16-12-7-2-1-4-11(12)13(18)8-17-14(19)9-5-3-6-10(9)15(17)20/h1-2,4,7,9-10H,3,5-6,8H2. The number of carbonyl (C=O) groups is 3. The Kier molecular flexibility index (Phi) is 3.12. The van der Waals surface area contributed by atoms with Crippen molar-refractivity contribution >= 4 is 17.6 Å². The number of rotatable bonds is 3. The van der Waals surface area contributed by atoms with Crippen LogP contribution in [0.25, 0.3) is 0 Å². The fraction of sp³-hybridized carbons (Fsp3) is 0.400. The number of halogens is 1. The van der Waals surface area contributed by atoms with Crippen molar-refractivity contribution in [3.63, 3.8) is 0 Å². The number of likely N-dealkylation sites (tertiary alicyclic amines) is 1. The van der Waals surface area contributed by atoms with Crippen LogP contribution in [-0.2, 0) is 9.59 Å². The Morgan fingerprint density at radius 3 is 2.35 bits per heavy atom. The summed E-state index contributed by atoms with van der Waals surface area (Å²) in [5.41, 5.74) is -0.0786. The molecule has 1 heterocycles. The van der Waals surface area contributed by atoms with Crippen molar-refractivity contribution in [3.8, 4) is 0 Å². The van der Waals surface area contributed by atoms with Crippen LogP contribution in [0.2, 0.25) is 0 Å². The van der Waals surface area contributed by atoms with Crippen LogP contribution < -0.4 is 0 Å². The first-order valence-corrected chi connectivity index (χ1v) is 6.72. The maximum Gasteiger partial charge on any atom is 0.233 e. The smallest absolute Gasteiger partial charge is 0.233 e. The first kappa shape index (κ1) is 13.0. The molecule has 1 aromatic carbocycles. The lowest BCUT2D eigenvalue weighted by Gasteiger charge is -2.15. The summed E-state index contributed by atoms with van der Waals surface area (Å²) in [6.45, 7) is -0.356. The van der Waals surface area contributed by atoms with Crippen molar-refractivity contribution in [2.24, 2.45) is 11.8 Å². The normalized spacial score (nSPS) is 25.1. The van der Waals surface area contributed by atoms with Crippen LogP contribution in [0, 0.1) is 17.7 Å². The van der Waals surface area contributed by atoms with Crippen molar-refractivity contribution < 1.29 is 18.8 Å². The van der Waals surface area contributed by atoms with Gasteiger partial charge >= 0.3 is 0 Å². The summed E-state index contributed by atoms with van der Waals surface area (Å²) >= 11 is 0. The molecule has 3 rings (SSSR count). The monoisotopic (exact) mass is 275 g/mol. The van der Waals surface area contributed by atoms with Gasteiger partial charge in [-0.25, -0.2) is 4.39 Å². The highest BCUT2D eigenvalue weighted by atomic mass is 19.1. The Hall–Kier alpha value is -2.04. The minimum absolute atomic E-state index is 0.0786. The fourth-order valence-corrected chi connectivity index (χ4v) is 3.13. The summed E-state index contributed by atoms with van der Waals surface area (Å²) in [4.78, 5) is 37.3. The number of ketones is 1. The molecule has 2 atom stereocenters. The number of hydrogen-bond acceptors (Lipinski definition) is 3. The lowest BCUT2D eigenvalue weighted by molar-refractivity contribution is -0.139. The largest absolute Gasteiger partial charge is 0.292 e. The summed E-state index contributed by atoms with van der Waals surface area (Å²) < 4.78 is 13.5. The second-order valence-corrected chi connectivity index (χ2v) is 5.31. The molecule has 104 valence electrons. The SMILES string of the molecule is O=C(CN1C(=O)C2CCCC2C1=O)c1ccccc1F. The number of benzene rings is 1. The van der Waals surface area contributed by atoms with E-state index < -0.39 is 11.6 Å². The third-order valence-electron chi connectivity index (χ3n) is 4.16. The molecule has 1 aliphatic heterocycles. The molecule has 1 saturated heterocycles. The van der Waals surface area contributed by atoms with Crippen LogP contribution in [0.5, 0.6) is 0 Å². The number of Topliss-reactive ketones (excluding diaryl/α,β-unsaturated/α-hetero) is 1. The number of hydrogen-bond donors (Lipinski definition) is 0. The maximum atomic E-state index is 13.5. The fourth-order valence-electron chi connectivity index (χ4n) is 3.13. The number of nitrogens with zero attached hydrogens (tertiary/aromatic N) is 1. The molecule has 1 aromatic rings. The van der Waals surface area contributed by atoms with Crippen LogP contribution in [0.1, 0.15) is 29.6 Å².